The van der Waals surface area contributed by atoms with E-state index in [9.17, 15) is 14.0 Å². The molecule has 0 aliphatic carbocycles. The van der Waals surface area contributed by atoms with Gasteiger partial charge in [-0.3, -0.25) is 4.79 Å². The molecule has 1 heterocycles. The second kappa shape index (κ2) is 8.47. The number of hydrogen-bond donors (Lipinski definition) is 1. The Labute approximate surface area is 146 Å². The molecular formula is C15H11Cl2FN2O4. The smallest absolute Gasteiger partial charge is 0.344 e. The quantitative estimate of drug-likeness (QED) is 0.788. The lowest BCUT2D eigenvalue weighted by Gasteiger charge is -2.08. The Morgan fingerprint density at radius 1 is 1.17 bits per heavy atom. The summed E-state index contributed by atoms with van der Waals surface area (Å²) in [6.07, 6.45) is 1.31. The average molecular weight is 373 g/mol. The van der Waals surface area contributed by atoms with Gasteiger partial charge in [-0.2, -0.15) is 0 Å². The molecule has 6 nitrogen and oxygen atoms in total. The van der Waals surface area contributed by atoms with Gasteiger partial charge in [-0.15, -0.1) is 0 Å². The number of ether oxygens (including phenoxy) is 2. The number of nitrogens with zero attached hydrogens (tertiary/aromatic N) is 1. The Bertz CT molecular complexity index is 741. The molecule has 9 heteroatoms. The van der Waals surface area contributed by atoms with Gasteiger partial charge in [0.05, 0.1) is 10.0 Å². The molecule has 24 heavy (non-hydrogen) atoms. The van der Waals surface area contributed by atoms with Crippen LogP contribution in [0.25, 0.3) is 0 Å². The molecule has 0 radical (unpaired) electrons. The van der Waals surface area contributed by atoms with Crippen LogP contribution in [-0.2, 0) is 14.3 Å². The Morgan fingerprint density at radius 2 is 1.88 bits per heavy atom. The summed E-state index contributed by atoms with van der Waals surface area (Å²) in [4.78, 5) is 27.0. The number of carbonyl (C=O) groups is 2. The first-order valence-electron chi connectivity index (χ1n) is 6.59. The van der Waals surface area contributed by atoms with Gasteiger partial charge in [0.1, 0.15) is 11.6 Å². The van der Waals surface area contributed by atoms with Crippen LogP contribution in [0.4, 0.5) is 10.2 Å². The van der Waals surface area contributed by atoms with E-state index in [0.29, 0.717) is 10.8 Å². The third-order valence-electron chi connectivity index (χ3n) is 2.60. The van der Waals surface area contributed by atoms with Gasteiger partial charge in [-0.1, -0.05) is 23.2 Å². The van der Waals surface area contributed by atoms with Crippen LogP contribution in [-0.4, -0.2) is 30.1 Å². The number of esters is 1. The Morgan fingerprint density at radius 3 is 2.54 bits per heavy atom. The molecule has 0 unspecified atom stereocenters. The van der Waals surface area contributed by atoms with E-state index < -0.39 is 30.9 Å². The first kappa shape index (κ1) is 18.0. The molecule has 0 aliphatic rings. The van der Waals surface area contributed by atoms with Gasteiger partial charge in [-0.25, -0.2) is 14.2 Å². The highest BCUT2D eigenvalue weighted by Crippen LogP contribution is 2.22. The fourth-order valence-electron chi connectivity index (χ4n) is 1.54. The number of benzene rings is 1. The SMILES string of the molecule is O=C(COC(=O)COc1ccc(F)cc1)Nc1ncc(Cl)cc1Cl. The Balaban J connectivity index is 1.74. The van der Waals surface area contributed by atoms with Crippen molar-refractivity contribution in [3.63, 3.8) is 0 Å². The number of carbonyl (C=O) groups excluding carboxylic acids is 2. The van der Waals surface area contributed by atoms with E-state index in [1.165, 1.54) is 36.5 Å². The topological polar surface area (TPSA) is 77.5 Å². The van der Waals surface area contributed by atoms with Crippen LogP contribution in [0, 0.1) is 5.82 Å². The molecule has 1 amide bonds. The molecule has 0 bridgehead atoms. The van der Waals surface area contributed by atoms with Crippen molar-refractivity contribution in [1.29, 1.82) is 0 Å². The molecule has 0 saturated carbocycles. The van der Waals surface area contributed by atoms with Gasteiger partial charge in [0, 0.05) is 6.20 Å². The van der Waals surface area contributed by atoms with Crippen molar-refractivity contribution < 1.29 is 23.5 Å². The highest BCUT2D eigenvalue weighted by molar-refractivity contribution is 6.36. The van der Waals surface area contributed by atoms with Crippen molar-refractivity contribution >= 4 is 40.9 Å². The Kier molecular flexibility index (Phi) is 6.34. The number of rotatable bonds is 6. The zero-order valence-electron chi connectivity index (χ0n) is 12.1. The second-order valence-electron chi connectivity index (χ2n) is 4.44. The molecule has 2 rings (SSSR count). The minimum atomic E-state index is -0.760. The average Bonchev–Trinajstić information content (AvgIpc) is 2.55. The van der Waals surface area contributed by atoms with Crippen molar-refractivity contribution in [2.75, 3.05) is 18.5 Å². The van der Waals surface area contributed by atoms with E-state index in [4.69, 9.17) is 32.7 Å². The van der Waals surface area contributed by atoms with Gasteiger partial charge in [-0.05, 0) is 30.3 Å². The monoisotopic (exact) mass is 372 g/mol. The summed E-state index contributed by atoms with van der Waals surface area (Å²) in [6.45, 7) is -0.953. The highest BCUT2D eigenvalue weighted by atomic mass is 35.5. The van der Waals surface area contributed by atoms with E-state index in [1.54, 1.807) is 0 Å². The van der Waals surface area contributed by atoms with Gasteiger partial charge in [0.15, 0.2) is 19.0 Å². The van der Waals surface area contributed by atoms with Crippen LogP contribution >= 0.6 is 23.2 Å². The van der Waals surface area contributed by atoms with Crippen LogP contribution in [0.5, 0.6) is 5.75 Å². The van der Waals surface area contributed by atoms with Crippen LogP contribution in [0.2, 0.25) is 10.0 Å². The number of aromatic nitrogens is 1. The molecule has 126 valence electrons. The molecular weight excluding hydrogens is 362 g/mol. The summed E-state index contributed by atoms with van der Waals surface area (Å²) in [5.41, 5.74) is 0. The second-order valence-corrected chi connectivity index (χ2v) is 5.28. The predicted molar refractivity (Wildman–Crippen MR) is 85.7 cm³/mol. The third-order valence-corrected chi connectivity index (χ3v) is 3.10. The standard InChI is InChI=1S/C15H11Cl2FN2O4/c16-9-5-12(17)15(19-6-9)20-13(21)7-24-14(22)8-23-11-3-1-10(18)2-4-11/h1-6H,7-8H2,(H,19,20,21). The maximum absolute atomic E-state index is 12.7. The van der Waals surface area contributed by atoms with Crippen molar-refractivity contribution in [3.8, 4) is 5.75 Å². The fraction of sp³-hybridized carbons (Fsp3) is 0.133. The van der Waals surface area contributed by atoms with Crippen molar-refractivity contribution in [2.24, 2.45) is 0 Å². The zero-order valence-corrected chi connectivity index (χ0v) is 13.6. The summed E-state index contributed by atoms with van der Waals surface area (Å²) in [5.74, 6) is -1.40. The largest absolute Gasteiger partial charge is 0.482 e. The molecule has 1 N–H and O–H groups in total. The number of anilines is 1. The molecule has 2 aromatic rings. The van der Waals surface area contributed by atoms with Gasteiger partial charge in [0.2, 0.25) is 0 Å². The first-order chi connectivity index (χ1) is 11.4. The van der Waals surface area contributed by atoms with Gasteiger partial charge >= 0.3 is 5.97 Å². The van der Waals surface area contributed by atoms with Crippen LogP contribution in [0.3, 0.4) is 0 Å². The first-order valence-corrected chi connectivity index (χ1v) is 7.34. The molecule has 1 aromatic carbocycles. The number of halogens is 3. The summed E-state index contributed by atoms with van der Waals surface area (Å²) in [6, 6.07) is 6.52. The number of pyridine rings is 1. The minimum absolute atomic E-state index is 0.102. The molecule has 0 saturated heterocycles. The normalized spacial score (nSPS) is 10.1. The maximum atomic E-state index is 12.7. The lowest BCUT2D eigenvalue weighted by Crippen LogP contribution is -2.24. The number of hydrogen-bond acceptors (Lipinski definition) is 5. The minimum Gasteiger partial charge on any atom is -0.482 e. The lowest BCUT2D eigenvalue weighted by atomic mass is 10.3. The molecule has 0 spiro atoms. The van der Waals surface area contributed by atoms with E-state index in [0.717, 1.165) is 0 Å². The van der Waals surface area contributed by atoms with Crippen LogP contribution < -0.4 is 10.1 Å². The van der Waals surface area contributed by atoms with E-state index in [1.807, 2.05) is 0 Å². The van der Waals surface area contributed by atoms with Crippen molar-refractivity contribution in [1.82, 2.24) is 4.98 Å². The fourth-order valence-corrected chi connectivity index (χ4v) is 1.96. The third kappa shape index (κ3) is 5.68. The highest BCUT2D eigenvalue weighted by Gasteiger charge is 2.11. The Hall–Kier alpha value is -2.38. The molecule has 0 aliphatic heterocycles. The summed E-state index contributed by atoms with van der Waals surface area (Å²) >= 11 is 11.5. The van der Waals surface area contributed by atoms with Crippen molar-refractivity contribution in [3.05, 3.63) is 52.4 Å². The molecule has 1 aromatic heterocycles. The van der Waals surface area contributed by atoms with Gasteiger partial charge < -0.3 is 14.8 Å². The lowest BCUT2D eigenvalue weighted by molar-refractivity contribution is -0.149. The molecule has 0 fully saturated rings. The number of amides is 1. The van der Waals surface area contributed by atoms with E-state index >= 15 is 0 Å². The summed E-state index contributed by atoms with van der Waals surface area (Å²) in [7, 11) is 0. The van der Waals surface area contributed by atoms with E-state index in [-0.39, 0.29) is 10.8 Å². The van der Waals surface area contributed by atoms with E-state index in [2.05, 4.69) is 10.3 Å². The van der Waals surface area contributed by atoms with Crippen molar-refractivity contribution in [2.45, 2.75) is 0 Å². The number of nitrogens with one attached hydrogen (secondary N) is 1. The maximum Gasteiger partial charge on any atom is 0.344 e. The van der Waals surface area contributed by atoms with Crippen LogP contribution in [0.1, 0.15) is 0 Å². The summed E-state index contributed by atoms with van der Waals surface area (Å²) in [5, 5.41) is 2.85. The van der Waals surface area contributed by atoms with Crippen LogP contribution in [0.15, 0.2) is 36.5 Å². The molecule has 0 atom stereocenters. The summed E-state index contributed by atoms with van der Waals surface area (Å²) < 4.78 is 22.5. The van der Waals surface area contributed by atoms with Gasteiger partial charge in [0.25, 0.3) is 5.91 Å². The zero-order chi connectivity index (χ0) is 17.5. The predicted octanol–water partition coefficient (Wildman–Crippen LogP) is 3.09.